The third-order valence-corrected chi connectivity index (χ3v) is 13.8. The number of aliphatic hydroxyl groups is 2. The summed E-state index contributed by atoms with van der Waals surface area (Å²) in [6, 6.07) is 0. The van der Waals surface area contributed by atoms with E-state index in [1.807, 2.05) is 0 Å². The van der Waals surface area contributed by atoms with Crippen LogP contribution in [-0.4, -0.2) is 89.2 Å². The molecule has 442 valence electrons. The second-order valence-corrected chi connectivity index (χ2v) is 21.0. The van der Waals surface area contributed by atoms with Crippen molar-refractivity contribution in [3.63, 3.8) is 0 Å². The second kappa shape index (κ2) is 52.8. The van der Waals surface area contributed by atoms with E-state index in [-0.39, 0.29) is 25.9 Å². The zero-order chi connectivity index (χ0) is 56.1. The normalized spacial score (nSPS) is 18.5. The number of esters is 3. The van der Waals surface area contributed by atoms with Crippen molar-refractivity contribution < 1.29 is 58.2 Å². The van der Waals surface area contributed by atoms with Gasteiger partial charge in [-0.15, -0.1) is 0 Å². The van der Waals surface area contributed by atoms with E-state index in [1.165, 1.54) is 83.5 Å². The maximum atomic E-state index is 13.1. The monoisotopic (exact) mass is 1080 g/mol. The Morgan fingerprint density at radius 1 is 0.442 bits per heavy atom. The van der Waals surface area contributed by atoms with Crippen molar-refractivity contribution in [3.05, 3.63) is 72.9 Å². The third-order valence-electron chi connectivity index (χ3n) is 13.8. The average Bonchev–Trinajstić information content (AvgIpc) is 3.42. The van der Waals surface area contributed by atoms with E-state index in [0.717, 1.165) is 122 Å². The van der Waals surface area contributed by atoms with Crippen LogP contribution in [0.25, 0.3) is 0 Å². The largest absolute Gasteiger partial charge is 0.479 e. The van der Waals surface area contributed by atoms with Gasteiger partial charge in [0.25, 0.3) is 0 Å². The summed E-state index contributed by atoms with van der Waals surface area (Å²) in [7, 11) is 0. The number of hydrogen-bond acceptors (Lipinski definition) is 11. The molecule has 1 aliphatic rings. The molecule has 1 rings (SSSR count). The first-order valence-electron chi connectivity index (χ1n) is 30.9. The Kier molecular flexibility index (Phi) is 48.8. The van der Waals surface area contributed by atoms with E-state index < -0.39 is 67.3 Å². The highest BCUT2D eigenvalue weighted by molar-refractivity contribution is 5.74. The van der Waals surface area contributed by atoms with Crippen molar-refractivity contribution in [2.75, 3.05) is 13.2 Å². The lowest BCUT2D eigenvalue weighted by molar-refractivity contribution is -0.301. The number of hydrogen-bond donors (Lipinski definition) is 3. The quantitative estimate of drug-likeness (QED) is 0.0228. The Hall–Kier alpha value is -3.84. The summed E-state index contributed by atoms with van der Waals surface area (Å²) in [6.07, 6.45) is 54.3. The fourth-order valence-electron chi connectivity index (χ4n) is 9.04. The number of unbranched alkanes of at least 4 members (excludes halogenated alkanes) is 26. The van der Waals surface area contributed by atoms with Crippen LogP contribution in [0.15, 0.2) is 72.9 Å². The van der Waals surface area contributed by atoms with Crippen LogP contribution in [0.2, 0.25) is 0 Å². The molecule has 1 saturated heterocycles. The molecule has 1 heterocycles. The lowest BCUT2D eigenvalue weighted by Crippen LogP contribution is -2.61. The molecule has 3 N–H and O–H groups in total. The molecule has 0 spiro atoms. The van der Waals surface area contributed by atoms with Crippen LogP contribution >= 0.6 is 0 Å². The topological polar surface area (TPSA) is 175 Å². The SMILES string of the molecule is CC/C=C\C/C=C\C/C=C\CCCCCCCC(=O)OCC(COC1OC(C(=O)O)C(O)C(O)C1OC(=O)CCCCCCCC/C=C\C/C=C\C/C=C\CCCCC)OC(=O)CCCCCCCCCCCCCCC. The molecular formula is C65H110O12. The summed E-state index contributed by atoms with van der Waals surface area (Å²) in [6.45, 7) is 5.85. The van der Waals surface area contributed by atoms with Crippen LogP contribution in [0.1, 0.15) is 265 Å². The fourth-order valence-corrected chi connectivity index (χ4v) is 9.04. The molecule has 0 aliphatic carbocycles. The van der Waals surface area contributed by atoms with Crippen molar-refractivity contribution in [3.8, 4) is 0 Å². The first-order valence-corrected chi connectivity index (χ1v) is 30.9. The van der Waals surface area contributed by atoms with Crippen molar-refractivity contribution in [1.82, 2.24) is 0 Å². The molecular weight excluding hydrogens is 973 g/mol. The lowest BCUT2D eigenvalue weighted by atomic mass is 9.98. The first kappa shape index (κ1) is 71.2. The van der Waals surface area contributed by atoms with Gasteiger partial charge in [-0.25, -0.2) is 4.79 Å². The number of carboxylic acid groups (broad SMARTS) is 1. The number of carbonyl (C=O) groups excluding carboxylic acids is 3. The van der Waals surface area contributed by atoms with Gasteiger partial charge in [0.05, 0.1) is 6.61 Å². The van der Waals surface area contributed by atoms with Gasteiger partial charge < -0.3 is 39.0 Å². The smallest absolute Gasteiger partial charge is 0.335 e. The minimum Gasteiger partial charge on any atom is -0.479 e. The highest BCUT2D eigenvalue weighted by Crippen LogP contribution is 2.26. The molecule has 6 atom stereocenters. The van der Waals surface area contributed by atoms with Crippen LogP contribution in [0, 0.1) is 0 Å². The molecule has 12 nitrogen and oxygen atoms in total. The molecule has 0 radical (unpaired) electrons. The number of aliphatic hydroxyl groups excluding tert-OH is 2. The maximum Gasteiger partial charge on any atom is 0.335 e. The third kappa shape index (κ3) is 42.7. The highest BCUT2D eigenvalue weighted by atomic mass is 16.7. The van der Waals surface area contributed by atoms with Gasteiger partial charge in [-0.05, 0) is 89.9 Å². The maximum absolute atomic E-state index is 13.1. The summed E-state index contributed by atoms with van der Waals surface area (Å²) >= 11 is 0. The van der Waals surface area contributed by atoms with Crippen LogP contribution < -0.4 is 0 Å². The fraction of sp³-hybridized carbons (Fsp3) is 0.754. The summed E-state index contributed by atoms with van der Waals surface area (Å²) in [5.41, 5.74) is 0. The highest BCUT2D eigenvalue weighted by Gasteiger charge is 2.50. The van der Waals surface area contributed by atoms with E-state index in [9.17, 15) is 34.5 Å². The predicted molar refractivity (Wildman–Crippen MR) is 312 cm³/mol. The van der Waals surface area contributed by atoms with Crippen molar-refractivity contribution >= 4 is 23.9 Å². The standard InChI is InChI=1S/C65H110O12/c1-4-7-10-13-16-19-22-25-27-28-29-30-32-35-38-41-44-47-50-53-59(68)76-63-61(70)60(69)62(64(71)72)77-65(63)74-55-56(75-58(67)52-49-46-43-40-37-33-24-21-18-15-12-9-6-3)54-73-57(66)51-48-45-42-39-36-34-31-26-23-20-17-14-11-8-5-2/h8,11,16-17,19-20,25-27,29-31,56,60-63,65,69-70H,4-7,9-10,12-15,18,21-24,28,32-55H2,1-3H3,(H,71,72)/b11-8-,19-16-,20-17-,27-25-,30-29-,31-26-. The predicted octanol–water partition coefficient (Wildman–Crippen LogP) is 16.1. The van der Waals surface area contributed by atoms with E-state index in [2.05, 4.69) is 93.7 Å². The Bertz CT molecular complexity index is 1620. The number of ether oxygens (including phenoxy) is 5. The van der Waals surface area contributed by atoms with Gasteiger partial charge in [0.1, 0.15) is 18.8 Å². The van der Waals surface area contributed by atoms with Crippen molar-refractivity contribution in [2.45, 2.75) is 302 Å². The Morgan fingerprint density at radius 3 is 1.27 bits per heavy atom. The van der Waals surface area contributed by atoms with Gasteiger partial charge in [0.15, 0.2) is 24.6 Å². The Balaban J connectivity index is 2.68. The lowest BCUT2D eigenvalue weighted by Gasteiger charge is -2.40. The van der Waals surface area contributed by atoms with Crippen LogP contribution in [0.4, 0.5) is 0 Å². The minimum atomic E-state index is -1.91. The number of allylic oxidation sites excluding steroid dienone is 12. The first-order chi connectivity index (χ1) is 37.6. The summed E-state index contributed by atoms with van der Waals surface area (Å²) < 4.78 is 28.5. The molecule has 0 aromatic carbocycles. The molecule has 1 aliphatic heterocycles. The molecule has 0 aromatic heterocycles. The van der Waals surface area contributed by atoms with E-state index in [1.54, 1.807) is 0 Å². The summed E-state index contributed by atoms with van der Waals surface area (Å²) in [4.78, 5) is 51.2. The summed E-state index contributed by atoms with van der Waals surface area (Å²) in [5.74, 6) is -3.15. The molecule has 12 heteroatoms. The van der Waals surface area contributed by atoms with E-state index >= 15 is 0 Å². The van der Waals surface area contributed by atoms with Crippen molar-refractivity contribution in [2.24, 2.45) is 0 Å². The van der Waals surface area contributed by atoms with Crippen LogP contribution in [-0.2, 0) is 42.9 Å². The molecule has 0 bridgehead atoms. The average molecular weight is 1080 g/mol. The Morgan fingerprint density at radius 2 is 0.818 bits per heavy atom. The van der Waals surface area contributed by atoms with Gasteiger partial charge >= 0.3 is 23.9 Å². The number of rotatable bonds is 52. The molecule has 0 amide bonds. The van der Waals surface area contributed by atoms with Gasteiger partial charge in [-0.1, -0.05) is 229 Å². The zero-order valence-electron chi connectivity index (χ0n) is 48.7. The Labute approximate surface area is 468 Å². The molecule has 0 saturated carbocycles. The molecule has 6 unspecified atom stereocenters. The summed E-state index contributed by atoms with van der Waals surface area (Å²) in [5, 5.41) is 31.5. The van der Waals surface area contributed by atoms with Gasteiger partial charge in [0, 0.05) is 19.3 Å². The number of carbonyl (C=O) groups is 4. The van der Waals surface area contributed by atoms with Gasteiger partial charge in [-0.2, -0.15) is 0 Å². The van der Waals surface area contributed by atoms with Crippen molar-refractivity contribution in [1.29, 1.82) is 0 Å². The molecule has 77 heavy (non-hydrogen) atoms. The minimum absolute atomic E-state index is 0.0435. The van der Waals surface area contributed by atoms with E-state index in [0.29, 0.717) is 19.3 Å². The van der Waals surface area contributed by atoms with Gasteiger partial charge in [-0.3, -0.25) is 14.4 Å². The second-order valence-electron chi connectivity index (χ2n) is 21.0. The van der Waals surface area contributed by atoms with Crippen LogP contribution in [0.5, 0.6) is 0 Å². The number of carboxylic acids is 1. The number of aliphatic carboxylic acids is 1. The molecule has 1 fully saturated rings. The van der Waals surface area contributed by atoms with Gasteiger partial charge in [0.2, 0.25) is 0 Å². The van der Waals surface area contributed by atoms with Crippen LogP contribution in [0.3, 0.4) is 0 Å². The zero-order valence-corrected chi connectivity index (χ0v) is 48.7. The van der Waals surface area contributed by atoms with E-state index in [4.69, 9.17) is 23.7 Å². The molecule has 0 aromatic rings.